The molecular weight excluding hydrogens is 211 g/mol. The third-order valence-corrected chi connectivity index (χ3v) is 2.85. The van der Waals surface area contributed by atoms with Gasteiger partial charge in [-0.05, 0) is 30.9 Å². The summed E-state index contributed by atoms with van der Waals surface area (Å²) in [6.07, 6.45) is 2.31. The lowest BCUT2D eigenvalue weighted by atomic mass is 9.98. The van der Waals surface area contributed by atoms with Crippen LogP contribution in [0.15, 0.2) is 12.1 Å². The number of hydrogen-bond donors (Lipinski definition) is 1. The molecule has 0 aromatic heterocycles. The number of carbonyl (C=O) groups excluding carboxylic acids is 1. The summed E-state index contributed by atoms with van der Waals surface area (Å²) < 4.78 is 13.8. The van der Waals surface area contributed by atoms with E-state index in [1.54, 1.807) is 0 Å². The molecular formula is C12H11FO3. The molecule has 0 spiro atoms. The van der Waals surface area contributed by atoms with E-state index in [1.165, 1.54) is 12.1 Å². The molecule has 2 rings (SSSR count). The molecule has 0 aliphatic heterocycles. The van der Waals surface area contributed by atoms with Gasteiger partial charge in [-0.1, -0.05) is 6.07 Å². The van der Waals surface area contributed by atoms with Crippen LogP contribution in [-0.4, -0.2) is 16.9 Å². The molecule has 84 valence electrons. The second-order valence-corrected chi connectivity index (χ2v) is 3.89. The van der Waals surface area contributed by atoms with Gasteiger partial charge in [0.15, 0.2) is 5.78 Å². The first-order valence-corrected chi connectivity index (χ1v) is 5.19. The number of carbonyl (C=O) groups is 2. The van der Waals surface area contributed by atoms with Gasteiger partial charge in [-0.3, -0.25) is 4.79 Å². The molecule has 1 aliphatic carbocycles. The van der Waals surface area contributed by atoms with Gasteiger partial charge in [0.2, 0.25) is 0 Å². The molecule has 1 aromatic rings. The van der Waals surface area contributed by atoms with Gasteiger partial charge < -0.3 is 5.11 Å². The maximum Gasteiger partial charge on any atom is 0.338 e. The Bertz CT molecular complexity index is 466. The van der Waals surface area contributed by atoms with Crippen molar-refractivity contribution >= 4 is 11.8 Å². The van der Waals surface area contributed by atoms with Crippen molar-refractivity contribution in [2.24, 2.45) is 0 Å². The highest BCUT2D eigenvalue weighted by Gasteiger charge is 2.22. The molecule has 0 radical (unpaired) electrons. The predicted molar refractivity (Wildman–Crippen MR) is 55.2 cm³/mol. The van der Waals surface area contributed by atoms with Crippen LogP contribution in [0.3, 0.4) is 0 Å². The van der Waals surface area contributed by atoms with Crippen molar-refractivity contribution in [3.05, 3.63) is 34.6 Å². The topological polar surface area (TPSA) is 54.4 Å². The number of fused-ring (bicyclic) bond motifs is 1. The molecule has 1 aliphatic rings. The number of Topliss-reactive ketones (excluding diaryl/α,β-unsaturated/α-hetero) is 1. The van der Waals surface area contributed by atoms with Crippen LogP contribution in [0.2, 0.25) is 0 Å². The van der Waals surface area contributed by atoms with Crippen LogP contribution in [0, 0.1) is 5.82 Å². The smallest absolute Gasteiger partial charge is 0.338 e. The highest BCUT2D eigenvalue weighted by molar-refractivity contribution is 5.99. The summed E-state index contributed by atoms with van der Waals surface area (Å²) in [7, 11) is 0. The summed E-state index contributed by atoms with van der Waals surface area (Å²) in [4.78, 5) is 22.4. The third kappa shape index (κ3) is 1.71. The Balaban J connectivity index is 2.59. The van der Waals surface area contributed by atoms with Crippen molar-refractivity contribution in [2.75, 3.05) is 0 Å². The molecule has 0 saturated heterocycles. The van der Waals surface area contributed by atoms with Crippen LogP contribution in [0.4, 0.5) is 4.39 Å². The number of carboxylic acids is 1. The van der Waals surface area contributed by atoms with Gasteiger partial charge in [-0.15, -0.1) is 0 Å². The highest BCUT2D eigenvalue weighted by Crippen LogP contribution is 2.25. The molecule has 0 bridgehead atoms. The van der Waals surface area contributed by atoms with Gasteiger partial charge in [-0.2, -0.15) is 0 Å². The first-order valence-electron chi connectivity index (χ1n) is 5.19. The molecule has 0 unspecified atom stereocenters. The molecule has 0 amide bonds. The molecule has 1 N–H and O–H groups in total. The number of halogens is 1. The fourth-order valence-corrected chi connectivity index (χ4v) is 2.01. The van der Waals surface area contributed by atoms with Crippen LogP contribution < -0.4 is 0 Å². The van der Waals surface area contributed by atoms with E-state index in [-0.39, 0.29) is 16.9 Å². The van der Waals surface area contributed by atoms with E-state index < -0.39 is 11.8 Å². The second kappa shape index (κ2) is 4.04. The molecule has 16 heavy (non-hydrogen) atoms. The molecule has 0 saturated carbocycles. The van der Waals surface area contributed by atoms with E-state index in [0.717, 1.165) is 12.8 Å². The number of carboxylic acid groups (broad SMARTS) is 1. The number of hydrogen-bond acceptors (Lipinski definition) is 2. The van der Waals surface area contributed by atoms with Crippen LogP contribution >= 0.6 is 0 Å². The predicted octanol–water partition coefficient (Wildman–Crippen LogP) is 2.43. The molecule has 0 heterocycles. The fraction of sp³-hybridized carbons (Fsp3) is 0.333. The van der Waals surface area contributed by atoms with Crippen molar-refractivity contribution in [1.29, 1.82) is 0 Å². The van der Waals surface area contributed by atoms with E-state index in [1.807, 2.05) is 0 Å². The Kier molecular flexibility index (Phi) is 2.73. The minimum atomic E-state index is -1.29. The number of benzene rings is 1. The lowest BCUT2D eigenvalue weighted by Crippen LogP contribution is -2.08. The Morgan fingerprint density at radius 1 is 1.25 bits per heavy atom. The Morgan fingerprint density at radius 3 is 2.62 bits per heavy atom. The van der Waals surface area contributed by atoms with Gasteiger partial charge in [0.1, 0.15) is 5.82 Å². The largest absolute Gasteiger partial charge is 0.478 e. The molecule has 1 aromatic carbocycles. The first kappa shape index (κ1) is 10.8. The second-order valence-electron chi connectivity index (χ2n) is 3.89. The number of rotatable bonds is 1. The average Bonchev–Trinajstić information content (AvgIpc) is 2.42. The van der Waals surface area contributed by atoms with Gasteiger partial charge in [0.25, 0.3) is 0 Å². The van der Waals surface area contributed by atoms with E-state index in [0.29, 0.717) is 18.4 Å². The van der Waals surface area contributed by atoms with Crippen molar-refractivity contribution in [3.63, 3.8) is 0 Å². The third-order valence-electron chi connectivity index (χ3n) is 2.85. The minimum absolute atomic E-state index is 0.0941. The van der Waals surface area contributed by atoms with Gasteiger partial charge in [0, 0.05) is 12.0 Å². The van der Waals surface area contributed by atoms with E-state index >= 15 is 0 Å². The van der Waals surface area contributed by atoms with E-state index in [9.17, 15) is 14.0 Å². The summed E-state index contributed by atoms with van der Waals surface area (Å²) in [6.45, 7) is 0. The van der Waals surface area contributed by atoms with Crippen LogP contribution in [0.25, 0.3) is 0 Å². The van der Waals surface area contributed by atoms with E-state index in [2.05, 4.69) is 0 Å². The van der Waals surface area contributed by atoms with Crippen molar-refractivity contribution < 1.29 is 19.1 Å². The van der Waals surface area contributed by atoms with Crippen LogP contribution in [0.1, 0.15) is 45.5 Å². The lowest BCUT2D eigenvalue weighted by Gasteiger charge is -2.07. The normalized spacial score (nSPS) is 15.4. The number of aromatic carboxylic acids is 1. The maximum atomic E-state index is 13.8. The summed E-state index contributed by atoms with van der Waals surface area (Å²) >= 11 is 0. The molecule has 0 fully saturated rings. The Morgan fingerprint density at radius 2 is 1.94 bits per heavy atom. The van der Waals surface area contributed by atoms with E-state index in [4.69, 9.17) is 5.11 Å². The van der Waals surface area contributed by atoms with Crippen molar-refractivity contribution in [3.8, 4) is 0 Å². The quantitative estimate of drug-likeness (QED) is 0.742. The maximum absolute atomic E-state index is 13.8. The molecule has 3 nitrogen and oxygen atoms in total. The Hall–Kier alpha value is -1.71. The summed E-state index contributed by atoms with van der Waals surface area (Å²) in [6, 6.07) is 2.59. The average molecular weight is 222 g/mol. The first-order chi connectivity index (χ1) is 7.61. The summed E-state index contributed by atoms with van der Waals surface area (Å²) in [5.74, 6) is -2.14. The van der Waals surface area contributed by atoms with Gasteiger partial charge in [0.05, 0.1) is 5.56 Å². The molecule has 4 heteroatoms. The van der Waals surface area contributed by atoms with Crippen molar-refractivity contribution in [1.82, 2.24) is 0 Å². The standard InChI is InChI=1S/C12H11FO3/c13-11-8-3-1-2-4-10(14)7(8)5-6-9(11)12(15)16/h5-6H,1-4H2,(H,15,16). The zero-order valence-electron chi connectivity index (χ0n) is 8.62. The summed E-state index contributed by atoms with van der Waals surface area (Å²) in [5.41, 5.74) is 0.260. The fourth-order valence-electron chi connectivity index (χ4n) is 2.01. The minimum Gasteiger partial charge on any atom is -0.478 e. The zero-order valence-corrected chi connectivity index (χ0v) is 8.62. The monoisotopic (exact) mass is 222 g/mol. The lowest BCUT2D eigenvalue weighted by molar-refractivity contribution is 0.0691. The van der Waals surface area contributed by atoms with Gasteiger partial charge >= 0.3 is 5.97 Å². The van der Waals surface area contributed by atoms with Crippen LogP contribution in [-0.2, 0) is 6.42 Å². The highest BCUT2D eigenvalue weighted by atomic mass is 19.1. The zero-order chi connectivity index (χ0) is 11.7. The number of ketones is 1. The summed E-state index contributed by atoms with van der Waals surface area (Å²) in [5, 5.41) is 8.78. The van der Waals surface area contributed by atoms with Crippen molar-refractivity contribution in [2.45, 2.75) is 25.7 Å². The SMILES string of the molecule is O=C(O)c1ccc2c(c1F)CCCCC2=O. The van der Waals surface area contributed by atoms with Gasteiger partial charge in [-0.25, -0.2) is 9.18 Å². The van der Waals surface area contributed by atoms with Crippen LogP contribution in [0.5, 0.6) is 0 Å². The Labute approximate surface area is 91.9 Å². The molecule has 0 atom stereocenters.